The molecule has 0 radical (unpaired) electrons. The molecule has 2 N–H and O–H groups in total. The van der Waals surface area contributed by atoms with Crippen LogP contribution in [0.25, 0.3) is 0 Å². The molecule has 2 atom stereocenters. The summed E-state index contributed by atoms with van der Waals surface area (Å²) in [5.41, 5.74) is 6.87. The van der Waals surface area contributed by atoms with Gasteiger partial charge in [-0.15, -0.1) is 0 Å². The summed E-state index contributed by atoms with van der Waals surface area (Å²) in [5.74, 6) is -2.78. The zero-order valence-corrected chi connectivity index (χ0v) is 15.8. The first-order chi connectivity index (χ1) is 14.5. The highest BCUT2D eigenvalue weighted by Gasteiger charge is 2.40. The van der Waals surface area contributed by atoms with Gasteiger partial charge >= 0.3 is 0 Å². The molecule has 1 aliphatic rings. The molecule has 6 nitrogen and oxygen atoms in total. The first kappa shape index (κ1) is 19.6. The van der Waals surface area contributed by atoms with E-state index in [0.29, 0.717) is 29.5 Å². The summed E-state index contributed by atoms with van der Waals surface area (Å²) in [5, 5.41) is 0. The summed E-state index contributed by atoms with van der Waals surface area (Å²) >= 11 is 0. The number of rotatable bonds is 5. The van der Waals surface area contributed by atoms with Gasteiger partial charge in [-0.2, -0.15) is 0 Å². The average Bonchev–Trinajstić information content (AvgIpc) is 3.16. The molecule has 0 bridgehead atoms. The summed E-state index contributed by atoms with van der Waals surface area (Å²) in [6, 6.07) is 8.68. The highest BCUT2D eigenvalue weighted by molar-refractivity contribution is 5.96. The number of fused-ring (bicyclic) bond motifs is 1. The van der Waals surface area contributed by atoms with Gasteiger partial charge in [0.1, 0.15) is 23.4 Å². The molecule has 1 heterocycles. The Balaban J connectivity index is 1.88. The van der Waals surface area contributed by atoms with E-state index in [4.69, 9.17) is 5.73 Å². The Kier molecular flexibility index (Phi) is 5.22. The zero-order valence-electron chi connectivity index (χ0n) is 15.8. The number of primary amides is 1. The fraction of sp³-hybridized carbons (Fsp3) is 0.182. The molecular weight excluding hydrogens is 390 g/mol. The Morgan fingerprint density at radius 3 is 2.57 bits per heavy atom. The molecule has 152 valence electrons. The largest absolute Gasteiger partial charge is 0.368 e. The normalized spacial score (nSPS) is 16.0. The van der Waals surface area contributed by atoms with Crippen molar-refractivity contribution in [2.24, 2.45) is 5.73 Å². The molecule has 1 aromatic heterocycles. The molecule has 3 aromatic rings. The Bertz CT molecular complexity index is 1090. The zero-order chi connectivity index (χ0) is 21.3. The van der Waals surface area contributed by atoms with Crippen molar-refractivity contribution < 1.29 is 18.4 Å². The van der Waals surface area contributed by atoms with Crippen LogP contribution in [0.15, 0.2) is 61.1 Å². The van der Waals surface area contributed by atoms with E-state index in [-0.39, 0.29) is 5.69 Å². The molecular formula is C22H18F2N4O2. The lowest BCUT2D eigenvalue weighted by molar-refractivity contribution is -0.123. The van der Waals surface area contributed by atoms with Gasteiger partial charge in [0.15, 0.2) is 0 Å². The van der Waals surface area contributed by atoms with Gasteiger partial charge in [-0.05, 0) is 35.6 Å². The molecule has 0 saturated heterocycles. The predicted molar refractivity (Wildman–Crippen MR) is 104 cm³/mol. The summed E-state index contributed by atoms with van der Waals surface area (Å²) < 4.78 is 28.3. The topological polar surface area (TPSA) is 89.2 Å². The summed E-state index contributed by atoms with van der Waals surface area (Å²) in [6.45, 7) is 0. The Morgan fingerprint density at radius 1 is 1.13 bits per heavy atom. The molecule has 0 fully saturated rings. The Morgan fingerprint density at radius 2 is 1.90 bits per heavy atom. The standard InChI is InChI=1S/C22H18F2N4O2/c23-14-10-16-15(17(24)11-14)6-7-19(16)28(22(30)18-12-26-8-9-27-18)20(21(25)29)13-4-2-1-3-5-13/h1-5,8-12,19-20H,6-7H2,(H2,25,29)/t19-,20?/m1/s1. The van der Waals surface area contributed by atoms with E-state index < -0.39 is 35.5 Å². The van der Waals surface area contributed by atoms with Crippen LogP contribution in [-0.2, 0) is 11.2 Å². The molecule has 4 rings (SSSR count). The van der Waals surface area contributed by atoms with E-state index in [9.17, 15) is 18.4 Å². The minimum absolute atomic E-state index is 0.00464. The quantitative estimate of drug-likeness (QED) is 0.703. The number of carbonyl (C=O) groups excluding carboxylic acids is 2. The molecule has 2 aromatic carbocycles. The number of halogens is 2. The molecule has 8 heteroatoms. The maximum atomic E-state index is 14.3. The van der Waals surface area contributed by atoms with Crippen LogP contribution in [0.5, 0.6) is 0 Å². The van der Waals surface area contributed by atoms with Crippen molar-refractivity contribution in [2.75, 3.05) is 0 Å². The summed E-state index contributed by atoms with van der Waals surface area (Å²) in [6.07, 6.45) is 4.67. The van der Waals surface area contributed by atoms with E-state index in [2.05, 4.69) is 9.97 Å². The Hall–Kier alpha value is -3.68. The highest BCUT2D eigenvalue weighted by Crippen LogP contribution is 2.42. The first-order valence-electron chi connectivity index (χ1n) is 9.38. The number of nitrogens with zero attached hydrogens (tertiary/aromatic N) is 3. The van der Waals surface area contributed by atoms with Crippen LogP contribution in [0, 0.1) is 11.6 Å². The monoisotopic (exact) mass is 408 g/mol. The number of nitrogens with two attached hydrogens (primary N) is 1. The van der Waals surface area contributed by atoms with Crippen molar-refractivity contribution in [1.82, 2.24) is 14.9 Å². The number of amides is 2. The number of hydrogen-bond donors (Lipinski definition) is 1. The van der Waals surface area contributed by atoms with Crippen molar-refractivity contribution in [3.05, 3.63) is 95.1 Å². The Labute approximate surface area is 171 Å². The smallest absolute Gasteiger partial charge is 0.275 e. The minimum atomic E-state index is -1.15. The van der Waals surface area contributed by atoms with Crippen molar-refractivity contribution in [3.8, 4) is 0 Å². The lowest BCUT2D eigenvalue weighted by atomic mass is 9.98. The van der Waals surface area contributed by atoms with Gasteiger partial charge < -0.3 is 10.6 Å². The van der Waals surface area contributed by atoms with Gasteiger partial charge in [-0.1, -0.05) is 30.3 Å². The maximum Gasteiger partial charge on any atom is 0.275 e. The van der Waals surface area contributed by atoms with Gasteiger partial charge in [0.2, 0.25) is 5.91 Å². The number of carbonyl (C=O) groups is 2. The SMILES string of the molecule is NC(=O)C(c1ccccc1)N(C(=O)c1cnccn1)[C@@H]1CCc2c(F)cc(F)cc21. The van der Waals surface area contributed by atoms with Gasteiger partial charge in [-0.25, -0.2) is 13.8 Å². The fourth-order valence-corrected chi connectivity index (χ4v) is 3.99. The van der Waals surface area contributed by atoms with Gasteiger partial charge in [0.25, 0.3) is 5.91 Å². The molecule has 0 saturated carbocycles. The van der Waals surface area contributed by atoms with Gasteiger partial charge in [0, 0.05) is 18.5 Å². The predicted octanol–water partition coefficient (Wildman–Crippen LogP) is 3.11. The summed E-state index contributed by atoms with van der Waals surface area (Å²) in [7, 11) is 0. The van der Waals surface area contributed by atoms with Crippen LogP contribution in [0.3, 0.4) is 0 Å². The fourth-order valence-electron chi connectivity index (χ4n) is 3.99. The molecule has 2 amide bonds. The van der Waals surface area contributed by atoms with Gasteiger partial charge in [0.05, 0.1) is 12.2 Å². The van der Waals surface area contributed by atoms with Crippen molar-refractivity contribution in [1.29, 1.82) is 0 Å². The van der Waals surface area contributed by atoms with E-state index in [1.807, 2.05) is 0 Å². The highest BCUT2D eigenvalue weighted by atomic mass is 19.1. The van der Waals surface area contributed by atoms with Crippen LogP contribution in [0.4, 0.5) is 8.78 Å². The van der Waals surface area contributed by atoms with E-state index in [1.54, 1.807) is 30.3 Å². The first-order valence-corrected chi connectivity index (χ1v) is 9.38. The van der Waals surface area contributed by atoms with Crippen LogP contribution in [-0.4, -0.2) is 26.7 Å². The van der Waals surface area contributed by atoms with Crippen LogP contribution >= 0.6 is 0 Å². The molecule has 1 unspecified atom stereocenters. The third-order valence-electron chi connectivity index (χ3n) is 5.24. The van der Waals surface area contributed by atoms with Crippen LogP contribution in [0.2, 0.25) is 0 Å². The molecule has 0 aliphatic heterocycles. The third-order valence-corrected chi connectivity index (χ3v) is 5.24. The third kappa shape index (κ3) is 3.52. The molecule has 1 aliphatic carbocycles. The second-order valence-corrected chi connectivity index (χ2v) is 7.03. The second-order valence-electron chi connectivity index (χ2n) is 7.03. The minimum Gasteiger partial charge on any atom is -0.368 e. The van der Waals surface area contributed by atoms with Crippen molar-refractivity contribution >= 4 is 11.8 Å². The van der Waals surface area contributed by atoms with Gasteiger partial charge in [-0.3, -0.25) is 14.6 Å². The average molecular weight is 408 g/mol. The van der Waals surface area contributed by atoms with Crippen molar-refractivity contribution in [2.45, 2.75) is 24.9 Å². The number of aromatic nitrogens is 2. The van der Waals surface area contributed by atoms with E-state index in [0.717, 1.165) is 6.07 Å². The van der Waals surface area contributed by atoms with Crippen LogP contribution < -0.4 is 5.73 Å². The lowest BCUT2D eigenvalue weighted by Gasteiger charge is -2.35. The molecule has 30 heavy (non-hydrogen) atoms. The van der Waals surface area contributed by atoms with Crippen LogP contribution in [0.1, 0.15) is 45.7 Å². The number of benzene rings is 2. The second kappa shape index (κ2) is 7.98. The van der Waals surface area contributed by atoms with E-state index in [1.165, 1.54) is 29.6 Å². The van der Waals surface area contributed by atoms with Crippen molar-refractivity contribution in [3.63, 3.8) is 0 Å². The lowest BCUT2D eigenvalue weighted by Crippen LogP contribution is -2.43. The molecule has 0 spiro atoms. The number of hydrogen-bond acceptors (Lipinski definition) is 4. The maximum absolute atomic E-state index is 14.3. The van der Waals surface area contributed by atoms with E-state index >= 15 is 0 Å². The summed E-state index contributed by atoms with van der Waals surface area (Å²) in [4.78, 5) is 35.2.